The first-order valence-electron chi connectivity index (χ1n) is 5.59. The molecule has 3 heteroatoms. The van der Waals surface area contributed by atoms with E-state index >= 15 is 0 Å². The molecule has 0 radical (unpaired) electrons. The van der Waals surface area contributed by atoms with Gasteiger partial charge in [0.05, 0.1) is 0 Å². The van der Waals surface area contributed by atoms with E-state index in [1.54, 1.807) is 36.4 Å². The molecule has 2 aromatic carbocycles. The molecule has 0 aliphatic carbocycles. The Bertz CT molecular complexity index is 586. The first-order chi connectivity index (χ1) is 8.66. The summed E-state index contributed by atoms with van der Waals surface area (Å²) in [6, 6.07) is 14.2. The summed E-state index contributed by atoms with van der Waals surface area (Å²) in [5.74, 6) is -0.0711. The van der Waals surface area contributed by atoms with Crippen LogP contribution in [0, 0.1) is 0 Å². The summed E-state index contributed by atoms with van der Waals surface area (Å²) >= 11 is 0. The maximum absolute atomic E-state index is 11.9. The second-order valence-corrected chi connectivity index (χ2v) is 3.95. The van der Waals surface area contributed by atoms with E-state index < -0.39 is 0 Å². The van der Waals surface area contributed by atoms with Crippen molar-refractivity contribution in [1.29, 1.82) is 0 Å². The number of allylic oxidation sites excluding steroid dienone is 1. The average Bonchev–Trinajstić information content (AvgIpc) is 2.38. The Kier molecular flexibility index (Phi) is 3.44. The van der Waals surface area contributed by atoms with Gasteiger partial charge in [-0.2, -0.15) is 0 Å². The summed E-state index contributed by atoms with van der Waals surface area (Å²) in [6.45, 7) is 0. The highest BCUT2D eigenvalue weighted by Crippen LogP contribution is 2.13. The lowest BCUT2D eigenvalue weighted by atomic mass is 10.1. The number of hydrogen-bond donors (Lipinski definition) is 2. The van der Waals surface area contributed by atoms with Crippen LogP contribution in [0.4, 0.5) is 11.4 Å². The summed E-state index contributed by atoms with van der Waals surface area (Å²) in [5.41, 5.74) is 14.1. The molecule has 2 aromatic rings. The summed E-state index contributed by atoms with van der Waals surface area (Å²) in [6.07, 6.45) is 3.23. The molecule has 0 spiro atoms. The number of rotatable bonds is 3. The number of anilines is 2. The minimum Gasteiger partial charge on any atom is -0.399 e. The smallest absolute Gasteiger partial charge is 0.185 e. The van der Waals surface area contributed by atoms with Crippen molar-refractivity contribution in [3.05, 3.63) is 65.7 Å². The van der Waals surface area contributed by atoms with Gasteiger partial charge in [0.2, 0.25) is 0 Å². The maximum Gasteiger partial charge on any atom is 0.185 e. The Morgan fingerprint density at radius 3 is 2.28 bits per heavy atom. The predicted octanol–water partition coefficient (Wildman–Crippen LogP) is 2.75. The van der Waals surface area contributed by atoms with Crippen LogP contribution in [0.2, 0.25) is 0 Å². The van der Waals surface area contributed by atoms with Crippen LogP contribution >= 0.6 is 0 Å². The number of hydrogen-bond acceptors (Lipinski definition) is 3. The Morgan fingerprint density at radius 2 is 1.61 bits per heavy atom. The number of carbonyl (C=O) groups is 1. The van der Waals surface area contributed by atoms with Gasteiger partial charge in [0.15, 0.2) is 5.78 Å². The highest BCUT2D eigenvalue weighted by atomic mass is 16.1. The van der Waals surface area contributed by atoms with Gasteiger partial charge in [-0.25, -0.2) is 0 Å². The molecule has 4 N–H and O–H groups in total. The normalized spacial score (nSPS) is 10.7. The van der Waals surface area contributed by atoms with Crippen LogP contribution in [-0.4, -0.2) is 5.78 Å². The minimum absolute atomic E-state index is 0.0711. The second-order valence-electron chi connectivity index (χ2n) is 3.95. The van der Waals surface area contributed by atoms with Gasteiger partial charge in [0.1, 0.15) is 0 Å². The molecule has 0 fully saturated rings. The van der Waals surface area contributed by atoms with Crippen LogP contribution in [0.5, 0.6) is 0 Å². The SMILES string of the molecule is Nc1ccc(C(=O)C=Cc2ccccc2N)cc1. The molecule has 3 nitrogen and oxygen atoms in total. The molecule has 0 saturated carbocycles. The van der Waals surface area contributed by atoms with Crippen molar-refractivity contribution in [1.82, 2.24) is 0 Å². The van der Waals surface area contributed by atoms with Gasteiger partial charge >= 0.3 is 0 Å². The molecule has 0 unspecified atom stereocenters. The number of ketones is 1. The van der Waals surface area contributed by atoms with E-state index in [2.05, 4.69) is 0 Å². The molecule has 2 rings (SSSR count). The fourth-order valence-electron chi connectivity index (χ4n) is 1.57. The summed E-state index contributed by atoms with van der Waals surface area (Å²) < 4.78 is 0. The number of carbonyl (C=O) groups excluding carboxylic acids is 1. The number of benzene rings is 2. The highest BCUT2D eigenvalue weighted by molar-refractivity contribution is 6.07. The van der Waals surface area contributed by atoms with E-state index in [1.807, 2.05) is 18.2 Å². The molecule has 0 atom stereocenters. The van der Waals surface area contributed by atoms with Crippen LogP contribution in [-0.2, 0) is 0 Å². The van der Waals surface area contributed by atoms with Gasteiger partial charge in [0.25, 0.3) is 0 Å². The molecule has 0 saturated heterocycles. The van der Waals surface area contributed by atoms with Crippen molar-refractivity contribution in [2.24, 2.45) is 0 Å². The number of nitrogens with two attached hydrogens (primary N) is 2. The lowest BCUT2D eigenvalue weighted by Gasteiger charge is -1.99. The van der Waals surface area contributed by atoms with E-state index in [0.717, 1.165) is 5.56 Å². The van der Waals surface area contributed by atoms with E-state index in [-0.39, 0.29) is 5.78 Å². The third kappa shape index (κ3) is 2.77. The molecular formula is C15H14N2O. The predicted molar refractivity (Wildman–Crippen MR) is 75.1 cm³/mol. The molecule has 18 heavy (non-hydrogen) atoms. The van der Waals surface area contributed by atoms with Crippen LogP contribution in [0.15, 0.2) is 54.6 Å². The third-order valence-electron chi connectivity index (χ3n) is 2.61. The lowest BCUT2D eigenvalue weighted by molar-refractivity contribution is 0.104. The summed E-state index contributed by atoms with van der Waals surface area (Å²) in [7, 11) is 0. The second kappa shape index (κ2) is 5.19. The van der Waals surface area contributed by atoms with Gasteiger partial charge in [-0.1, -0.05) is 18.2 Å². The average molecular weight is 238 g/mol. The largest absolute Gasteiger partial charge is 0.399 e. The summed E-state index contributed by atoms with van der Waals surface area (Å²) in [5, 5.41) is 0. The highest BCUT2D eigenvalue weighted by Gasteiger charge is 2.01. The van der Waals surface area contributed by atoms with Gasteiger partial charge in [-0.15, -0.1) is 0 Å². The standard InChI is InChI=1S/C15H14N2O/c16-13-8-5-12(6-9-13)15(18)10-7-11-3-1-2-4-14(11)17/h1-10H,16-17H2. The zero-order valence-electron chi connectivity index (χ0n) is 9.84. The Balaban J connectivity index is 2.17. The molecule has 0 heterocycles. The van der Waals surface area contributed by atoms with Crippen molar-refractivity contribution in [3.63, 3.8) is 0 Å². The maximum atomic E-state index is 11.9. The van der Waals surface area contributed by atoms with Crippen molar-refractivity contribution in [2.75, 3.05) is 11.5 Å². The zero-order valence-corrected chi connectivity index (χ0v) is 9.84. The van der Waals surface area contributed by atoms with Gasteiger partial charge in [-0.3, -0.25) is 4.79 Å². The molecule has 0 aromatic heterocycles. The van der Waals surface area contributed by atoms with Gasteiger partial charge in [0, 0.05) is 16.9 Å². The zero-order chi connectivity index (χ0) is 13.0. The minimum atomic E-state index is -0.0711. The van der Waals surface area contributed by atoms with Crippen LogP contribution in [0.3, 0.4) is 0 Å². The Hall–Kier alpha value is -2.55. The fraction of sp³-hybridized carbons (Fsp3) is 0. The third-order valence-corrected chi connectivity index (χ3v) is 2.61. The summed E-state index contributed by atoms with van der Waals surface area (Å²) in [4.78, 5) is 11.9. The van der Waals surface area contributed by atoms with Crippen LogP contribution in [0.25, 0.3) is 6.08 Å². The van der Waals surface area contributed by atoms with Crippen molar-refractivity contribution in [2.45, 2.75) is 0 Å². The van der Waals surface area contributed by atoms with E-state index in [0.29, 0.717) is 16.9 Å². The van der Waals surface area contributed by atoms with E-state index in [9.17, 15) is 4.79 Å². The molecule has 0 bridgehead atoms. The number of para-hydroxylation sites is 1. The van der Waals surface area contributed by atoms with E-state index in [4.69, 9.17) is 11.5 Å². The monoisotopic (exact) mass is 238 g/mol. The quantitative estimate of drug-likeness (QED) is 0.490. The molecule has 90 valence electrons. The van der Waals surface area contributed by atoms with Gasteiger partial charge in [-0.05, 0) is 48.0 Å². The van der Waals surface area contributed by atoms with Crippen LogP contribution in [0.1, 0.15) is 15.9 Å². The molecule has 0 amide bonds. The van der Waals surface area contributed by atoms with Crippen LogP contribution < -0.4 is 11.5 Å². The van der Waals surface area contributed by atoms with Crippen molar-refractivity contribution < 1.29 is 4.79 Å². The Morgan fingerprint density at radius 1 is 0.944 bits per heavy atom. The number of nitrogen functional groups attached to an aromatic ring is 2. The Labute approximate surface area is 106 Å². The molecular weight excluding hydrogens is 224 g/mol. The van der Waals surface area contributed by atoms with Gasteiger partial charge < -0.3 is 11.5 Å². The van der Waals surface area contributed by atoms with Crippen molar-refractivity contribution in [3.8, 4) is 0 Å². The molecule has 0 aliphatic heterocycles. The van der Waals surface area contributed by atoms with Crippen molar-refractivity contribution >= 4 is 23.2 Å². The molecule has 0 aliphatic rings. The van der Waals surface area contributed by atoms with E-state index in [1.165, 1.54) is 6.08 Å². The lowest BCUT2D eigenvalue weighted by Crippen LogP contribution is -1.95. The fourth-order valence-corrected chi connectivity index (χ4v) is 1.57. The first kappa shape index (κ1) is 11.9. The first-order valence-corrected chi connectivity index (χ1v) is 5.59. The topological polar surface area (TPSA) is 69.1 Å².